The van der Waals surface area contributed by atoms with Gasteiger partial charge in [0.05, 0.1) is 27.8 Å². The molecule has 2 nitrogen and oxygen atoms in total. The summed E-state index contributed by atoms with van der Waals surface area (Å²) < 4.78 is 2.48. The highest BCUT2D eigenvalue weighted by atomic mass is 15.1. The van der Waals surface area contributed by atoms with E-state index in [2.05, 4.69) is 289 Å². The maximum absolute atomic E-state index is 2.48. The van der Waals surface area contributed by atoms with Gasteiger partial charge in [-0.3, -0.25) is 0 Å². The smallest absolute Gasteiger partial charge is 0.0714 e. The molecule has 0 atom stereocenters. The summed E-state index contributed by atoms with van der Waals surface area (Å²) in [6, 6.07) is 103. The normalized spacial score (nSPS) is 12.6. The highest BCUT2D eigenvalue weighted by Gasteiger charge is 2.46. The summed E-state index contributed by atoms with van der Waals surface area (Å²) in [6.45, 7) is 0. The molecular weight excluding hydrogens is 857 g/mol. The lowest BCUT2D eigenvalue weighted by Crippen LogP contribution is -2.28. The molecule has 0 saturated carbocycles. The number of benzene rings is 12. The van der Waals surface area contributed by atoms with E-state index in [0.29, 0.717) is 0 Å². The quantitative estimate of drug-likeness (QED) is 0.147. The summed E-state index contributed by atoms with van der Waals surface area (Å²) in [7, 11) is 0. The van der Waals surface area contributed by atoms with Crippen LogP contribution in [0.25, 0.3) is 82.4 Å². The minimum Gasteiger partial charge on any atom is -0.309 e. The molecule has 0 radical (unpaired) electrons. The first-order valence-electron chi connectivity index (χ1n) is 24.6. The molecule has 0 saturated heterocycles. The molecule has 1 aromatic heterocycles. The van der Waals surface area contributed by atoms with Crippen molar-refractivity contribution >= 4 is 60.4 Å². The van der Waals surface area contributed by atoms with Crippen LogP contribution in [0.5, 0.6) is 0 Å². The lowest BCUT2D eigenvalue weighted by Gasteiger charge is -2.34. The van der Waals surface area contributed by atoms with Crippen LogP contribution in [-0.4, -0.2) is 4.57 Å². The van der Waals surface area contributed by atoms with Gasteiger partial charge in [-0.1, -0.05) is 231 Å². The summed E-state index contributed by atoms with van der Waals surface area (Å²) in [4.78, 5) is 2.44. The lowest BCUT2D eigenvalue weighted by molar-refractivity contribution is 0.767. The lowest BCUT2D eigenvalue weighted by atomic mass is 9.67. The first-order valence-corrected chi connectivity index (χ1v) is 24.6. The van der Waals surface area contributed by atoms with Gasteiger partial charge < -0.3 is 9.47 Å². The fourth-order valence-corrected chi connectivity index (χ4v) is 11.9. The van der Waals surface area contributed by atoms with E-state index in [0.717, 1.165) is 33.9 Å². The average Bonchev–Trinajstić information content (AvgIpc) is 3.94. The molecule has 14 rings (SSSR count). The molecule has 332 valence electrons. The Morgan fingerprint density at radius 2 is 0.873 bits per heavy atom. The zero-order valence-electron chi connectivity index (χ0n) is 39.0. The maximum Gasteiger partial charge on any atom is 0.0714 e. The Hall–Kier alpha value is -9.24. The van der Waals surface area contributed by atoms with E-state index in [9.17, 15) is 0 Å². The fourth-order valence-electron chi connectivity index (χ4n) is 11.9. The zero-order chi connectivity index (χ0) is 46.9. The van der Waals surface area contributed by atoms with Gasteiger partial charge in [0.1, 0.15) is 0 Å². The number of rotatable bonds is 8. The Bertz CT molecular complexity index is 4120. The molecule has 0 N–H and O–H groups in total. The minimum atomic E-state index is -0.490. The number of aromatic nitrogens is 1. The van der Waals surface area contributed by atoms with Crippen molar-refractivity contribution in [3.63, 3.8) is 0 Å². The van der Waals surface area contributed by atoms with Crippen LogP contribution in [0.3, 0.4) is 0 Å². The van der Waals surface area contributed by atoms with Gasteiger partial charge in [-0.2, -0.15) is 0 Å². The van der Waals surface area contributed by atoms with Gasteiger partial charge in [0.25, 0.3) is 0 Å². The number of hydrogen-bond donors (Lipinski definition) is 0. The van der Waals surface area contributed by atoms with Crippen LogP contribution in [0.1, 0.15) is 22.3 Å². The van der Waals surface area contributed by atoms with E-state index in [1.54, 1.807) is 0 Å². The van der Waals surface area contributed by atoms with E-state index in [1.807, 2.05) is 0 Å². The van der Waals surface area contributed by atoms with Crippen LogP contribution in [-0.2, 0) is 5.41 Å². The van der Waals surface area contributed by atoms with Gasteiger partial charge in [-0.15, -0.1) is 0 Å². The van der Waals surface area contributed by atoms with Crippen molar-refractivity contribution in [3.05, 3.63) is 301 Å². The van der Waals surface area contributed by atoms with E-state index >= 15 is 0 Å². The Labute approximate surface area is 413 Å². The van der Waals surface area contributed by atoms with Gasteiger partial charge >= 0.3 is 0 Å². The second-order valence-corrected chi connectivity index (χ2v) is 18.8. The summed E-state index contributed by atoms with van der Waals surface area (Å²) in [5, 5.41) is 7.33. The SMILES string of the molecule is c1ccc(C2(c3ccccc3)c3ccccc3-c3ccc(-n4c5ccccc5c5ccc(-c6ccc(-c7ccccc7N(c7ccc8ccccc8c7)c7cccc8ccccc78)cc6)cc54)cc32)cc1. The molecule has 1 aliphatic rings. The predicted molar refractivity (Wildman–Crippen MR) is 299 cm³/mol. The van der Waals surface area contributed by atoms with E-state index in [1.165, 1.54) is 87.9 Å². The van der Waals surface area contributed by atoms with Gasteiger partial charge in [0.15, 0.2) is 0 Å². The number of fused-ring (bicyclic) bond motifs is 8. The molecule has 13 aromatic rings. The molecule has 2 heteroatoms. The third kappa shape index (κ3) is 6.42. The van der Waals surface area contributed by atoms with Gasteiger partial charge in [0, 0.05) is 33.1 Å². The third-order valence-electron chi connectivity index (χ3n) is 15.0. The minimum absolute atomic E-state index is 0.490. The number of nitrogens with zero attached hydrogens (tertiary/aromatic N) is 2. The molecule has 71 heavy (non-hydrogen) atoms. The fraction of sp³-hybridized carbons (Fsp3) is 0.0145. The molecule has 0 bridgehead atoms. The third-order valence-corrected chi connectivity index (χ3v) is 15.0. The monoisotopic (exact) mass is 902 g/mol. The van der Waals surface area contributed by atoms with E-state index in [-0.39, 0.29) is 0 Å². The Morgan fingerprint density at radius 1 is 0.296 bits per heavy atom. The molecule has 12 aromatic carbocycles. The van der Waals surface area contributed by atoms with Crippen molar-refractivity contribution in [1.29, 1.82) is 0 Å². The largest absolute Gasteiger partial charge is 0.309 e. The van der Waals surface area contributed by atoms with Crippen molar-refractivity contribution < 1.29 is 0 Å². The van der Waals surface area contributed by atoms with Crippen LogP contribution in [0.2, 0.25) is 0 Å². The van der Waals surface area contributed by atoms with E-state index < -0.39 is 5.41 Å². The molecule has 0 amide bonds. The highest BCUT2D eigenvalue weighted by Crippen LogP contribution is 2.57. The molecule has 0 unspecified atom stereocenters. The van der Waals surface area contributed by atoms with Crippen molar-refractivity contribution in [2.45, 2.75) is 5.41 Å². The summed E-state index contributed by atoms with van der Waals surface area (Å²) in [5.41, 5.74) is 18.8. The molecule has 1 aliphatic carbocycles. The molecule has 0 spiro atoms. The van der Waals surface area contributed by atoms with Crippen molar-refractivity contribution in [1.82, 2.24) is 4.57 Å². The molecule has 0 aliphatic heterocycles. The molecule has 0 fully saturated rings. The first kappa shape index (κ1) is 40.8. The second kappa shape index (κ2) is 16.5. The Morgan fingerprint density at radius 3 is 1.68 bits per heavy atom. The van der Waals surface area contributed by atoms with Gasteiger partial charge in [-0.25, -0.2) is 0 Å². The summed E-state index contributed by atoms with van der Waals surface area (Å²) >= 11 is 0. The van der Waals surface area contributed by atoms with Crippen molar-refractivity contribution in [3.8, 4) is 39.1 Å². The summed E-state index contributed by atoms with van der Waals surface area (Å²) in [5.74, 6) is 0. The predicted octanol–water partition coefficient (Wildman–Crippen LogP) is 18.3. The van der Waals surface area contributed by atoms with Gasteiger partial charge in [-0.05, 0) is 115 Å². The average molecular weight is 903 g/mol. The number of hydrogen-bond acceptors (Lipinski definition) is 1. The van der Waals surface area contributed by atoms with Gasteiger partial charge in [0.2, 0.25) is 0 Å². The summed E-state index contributed by atoms with van der Waals surface area (Å²) in [6.07, 6.45) is 0. The zero-order valence-corrected chi connectivity index (χ0v) is 39.0. The molecule has 1 heterocycles. The number of para-hydroxylation sites is 2. The first-order chi connectivity index (χ1) is 35.2. The van der Waals surface area contributed by atoms with Crippen molar-refractivity contribution in [2.24, 2.45) is 0 Å². The Balaban J connectivity index is 0.902. The second-order valence-electron chi connectivity index (χ2n) is 18.8. The van der Waals surface area contributed by atoms with Crippen LogP contribution < -0.4 is 4.90 Å². The van der Waals surface area contributed by atoms with E-state index in [4.69, 9.17) is 0 Å². The molecular formula is C69H46N2. The Kier molecular flexibility index (Phi) is 9.47. The number of anilines is 3. The van der Waals surface area contributed by atoms with Crippen LogP contribution in [0.15, 0.2) is 279 Å². The van der Waals surface area contributed by atoms with Crippen LogP contribution >= 0.6 is 0 Å². The topological polar surface area (TPSA) is 8.17 Å². The van der Waals surface area contributed by atoms with Crippen LogP contribution in [0, 0.1) is 0 Å². The highest BCUT2D eigenvalue weighted by molar-refractivity contribution is 6.10. The van der Waals surface area contributed by atoms with Crippen LogP contribution in [0.4, 0.5) is 17.1 Å². The maximum atomic E-state index is 2.48. The van der Waals surface area contributed by atoms with Crippen molar-refractivity contribution in [2.75, 3.05) is 4.90 Å². The standard InChI is InChI=1S/C69H46N2/c1-3-22-53(23-4-1)69(54-24-5-2-6-25-54)63-30-14-11-28-59(63)60-43-41-56(46-64(60)69)71-67-32-16-13-29-61(67)62-42-39-52(45-68(62)71)48-34-36-50(37-35-48)58-27-12-15-31-65(58)70(55-40-38-47-18-7-8-20-51(47)44-55)66-33-17-21-49-19-9-10-26-57(49)66/h1-46H.